The van der Waals surface area contributed by atoms with Crippen LogP contribution in [0.4, 0.5) is 5.69 Å². The molecule has 0 spiro atoms. The Hall–Kier alpha value is -2.14. The predicted octanol–water partition coefficient (Wildman–Crippen LogP) is 3.62. The third kappa shape index (κ3) is 11.5. The zero-order valence-corrected chi connectivity index (χ0v) is 21.5. The maximum atomic E-state index is 12.5. The van der Waals surface area contributed by atoms with E-state index in [1.54, 1.807) is 48.6 Å². The summed E-state index contributed by atoms with van der Waals surface area (Å²) < 4.78 is 0.672. The average Bonchev–Trinajstić information content (AvgIpc) is 2.75. The molecule has 0 saturated heterocycles. The van der Waals surface area contributed by atoms with E-state index in [1.165, 1.54) is 32.1 Å². The molecule has 0 aliphatic heterocycles. The summed E-state index contributed by atoms with van der Waals surface area (Å²) in [5, 5.41) is 3.61. The lowest BCUT2D eigenvalue weighted by Crippen LogP contribution is -3.00. The van der Waals surface area contributed by atoms with Gasteiger partial charge in [0, 0.05) is 16.3 Å². The van der Waals surface area contributed by atoms with Gasteiger partial charge in [-0.15, -0.1) is 0 Å². The fourth-order valence-corrected chi connectivity index (χ4v) is 3.67. The third-order valence-corrected chi connectivity index (χ3v) is 5.69. The number of unbranched alkanes of at least 4 members (excludes halogenated alkanes) is 5. The normalized spacial score (nSPS) is 11.3. The zero-order chi connectivity index (χ0) is 23.4. The molecule has 0 aliphatic rings. The van der Waals surface area contributed by atoms with Crippen LogP contribution >= 0.6 is 11.6 Å². The second kappa shape index (κ2) is 14.9. The van der Waals surface area contributed by atoms with Crippen LogP contribution in [0.25, 0.3) is 6.08 Å². The summed E-state index contributed by atoms with van der Waals surface area (Å²) in [6, 6.07) is 14.3. The summed E-state index contributed by atoms with van der Waals surface area (Å²) in [5.74, 6) is -0.0998. The van der Waals surface area contributed by atoms with Crippen molar-refractivity contribution < 1.29 is 26.5 Å². The molecule has 0 radical (unpaired) electrons. The molecule has 1 amide bonds. The minimum atomic E-state index is -0.0884. The Balaban J connectivity index is 0.00000544. The zero-order valence-electron chi connectivity index (χ0n) is 19.9. The van der Waals surface area contributed by atoms with Gasteiger partial charge in [-0.25, -0.2) is 0 Å². The second-order valence-electron chi connectivity index (χ2n) is 8.96. The van der Waals surface area contributed by atoms with E-state index in [1.807, 2.05) is 12.1 Å². The molecule has 2 aromatic carbocycles. The Bertz CT molecular complexity index is 891. The van der Waals surface area contributed by atoms with Gasteiger partial charge < -0.3 is 22.2 Å². The van der Waals surface area contributed by atoms with Crippen LogP contribution in [-0.4, -0.2) is 43.4 Å². The number of benzene rings is 2. The lowest BCUT2D eigenvalue weighted by molar-refractivity contribution is -0.882. The Morgan fingerprint density at radius 3 is 2.15 bits per heavy atom. The largest absolute Gasteiger partial charge is 1.00 e. The lowest BCUT2D eigenvalue weighted by Gasteiger charge is -2.29. The van der Waals surface area contributed by atoms with E-state index in [2.05, 4.69) is 26.3 Å². The molecule has 6 heteroatoms. The molecular weight excluding hydrogens is 455 g/mol. The quantitative estimate of drug-likeness (QED) is 0.201. The summed E-state index contributed by atoms with van der Waals surface area (Å²) in [6.07, 6.45) is 10.8. The number of carbonyl (C=O) groups excluding carboxylic acids is 2. The number of rotatable bonds is 13. The number of hydrogen-bond donors (Lipinski definition) is 1. The van der Waals surface area contributed by atoms with Crippen molar-refractivity contribution in [3.05, 3.63) is 70.8 Å². The monoisotopic (exact) mass is 490 g/mol. The fraction of sp³-hybridized carbons (Fsp3) is 0.407. The highest BCUT2D eigenvalue weighted by atomic mass is 35.5. The van der Waals surface area contributed by atoms with E-state index in [-0.39, 0.29) is 24.1 Å². The molecule has 2 aromatic rings. The number of anilines is 1. The molecule has 33 heavy (non-hydrogen) atoms. The summed E-state index contributed by atoms with van der Waals surface area (Å²) in [5.41, 5.74) is 2.19. The number of nitrogens with zero attached hydrogens (tertiary/aromatic N) is 1. The first-order valence-corrected chi connectivity index (χ1v) is 11.9. The van der Waals surface area contributed by atoms with Crippen molar-refractivity contribution in [2.24, 2.45) is 0 Å². The maximum Gasteiger partial charge on any atom is 0.279 e. The molecule has 180 valence electrons. The van der Waals surface area contributed by atoms with Crippen molar-refractivity contribution in [2.75, 3.05) is 32.5 Å². The van der Waals surface area contributed by atoms with Crippen LogP contribution in [-0.2, 0) is 4.79 Å². The fourth-order valence-electron chi connectivity index (χ4n) is 3.55. The van der Waals surface area contributed by atoms with E-state index in [4.69, 9.17) is 11.6 Å². The van der Waals surface area contributed by atoms with Gasteiger partial charge in [-0.3, -0.25) is 9.59 Å². The highest BCUT2D eigenvalue weighted by molar-refractivity contribution is 6.30. The van der Waals surface area contributed by atoms with Gasteiger partial charge in [0.25, 0.3) is 5.91 Å². The number of amides is 1. The van der Waals surface area contributed by atoms with Crippen LogP contribution in [0.2, 0.25) is 5.02 Å². The highest BCUT2D eigenvalue weighted by Crippen LogP contribution is 2.14. The first-order valence-electron chi connectivity index (χ1n) is 11.5. The molecule has 0 fully saturated rings. The van der Waals surface area contributed by atoms with Crippen LogP contribution in [0.5, 0.6) is 0 Å². The molecule has 1 N–H and O–H groups in total. The average molecular weight is 492 g/mol. The molecule has 0 aliphatic carbocycles. The van der Waals surface area contributed by atoms with Crippen molar-refractivity contribution in [1.82, 2.24) is 0 Å². The molecule has 0 atom stereocenters. The molecule has 0 aromatic heterocycles. The van der Waals surface area contributed by atoms with Gasteiger partial charge in [-0.2, -0.15) is 0 Å². The molecule has 0 bridgehead atoms. The van der Waals surface area contributed by atoms with E-state index >= 15 is 0 Å². The minimum Gasteiger partial charge on any atom is -1.00 e. The van der Waals surface area contributed by atoms with E-state index < -0.39 is 0 Å². The molecule has 0 heterocycles. The van der Waals surface area contributed by atoms with Crippen LogP contribution in [0.15, 0.2) is 54.6 Å². The van der Waals surface area contributed by atoms with Crippen molar-refractivity contribution in [1.29, 1.82) is 0 Å². The van der Waals surface area contributed by atoms with Gasteiger partial charge >= 0.3 is 0 Å². The van der Waals surface area contributed by atoms with E-state index in [0.717, 1.165) is 18.5 Å². The molecule has 0 saturated carbocycles. The van der Waals surface area contributed by atoms with Gasteiger partial charge in [0.1, 0.15) is 0 Å². The molecule has 4 nitrogen and oxygen atoms in total. The van der Waals surface area contributed by atoms with Crippen molar-refractivity contribution in [2.45, 2.75) is 45.4 Å². The van der Waals surface area contributed by atoms with Gasteiger partial charge in [-0.1, -0.05) is 62.4 Å². The summed E-state index contributed by atoms with van der Waals surface area (Å²) >= 11 is 5.88. The SMILES string of the molecule is CCCCCCCC[N+](C)(C)CC(=O)Nc1ccc(C(=O)/C=C/c2ccc(Cl)cc2)cc1.[Cl-]. The van der Waals surface area contributed by atoms with E-state index in [0.29, 0.717) is 27.3 Å². The Morgan fingerprint density at radius 2 is 1.52 bits per heavy atom. The standard InChI is InChI=1S/C27H35ClN2O2.ClH/c1-4-5-6-7-8-9-20-30(2,3)21-27(32)29-25-17-13-23(14-18-25)26(31)19-12-22-10-15-24(28)16-11-22;/h10-19H,4-9,20-21H2,1-3H3;1H/b19-12+;. The number of likely N-dealkylation sites (N-methyl/N-ethyl adjacent to an activating group) is 1. The topological polar surface area (TPSA) is 46.2 Å². The van der Waals surface area contributed by atoms with Gasteiger partial charge in [0.15, 0.2) is 12.3 Å². The number of carbonyl (C=O) groups is 2. The number of ketones is 1. The molecule has 2 rings (SSSR count). The van der Waals surface area contributed by atoms with Crippen LogP contribution in [0, 0.1) is 0 Å². The molecular formula is C27H36Cl2N2O2. The first-order chi connectivity index (χ1) is 15.3. The second-order valence-corrected chi connectivity index (χ2v) is 9.40. The summed E-state index contributed by atoms with van der Waals surface area (Å²) in [4.78, 5) is 24.9. The number of nitrogens with one attached hydrogen (secondary N) is 1. The first kappa shape index (κ1) is 28.9. The van der Waals surface area contributed by atoms with Crippen molar-refractivity contribution >= 4 is 35.1 Å². The van der Waals surface area contributed by atoms with Gasteiger partial charge in [0.05, 0.1) is 20.6 Å². The summed E-state index contributed by atoms with van der Waals surface area (Å²) in [6.45, 7) is 3.65. The highest BCUT2D eigenvalue weighted by Gasteiger charge is 2.19. The molecule has 0 unspecified atom stereocenters. The smallest absolute Gasteiger partial charge is 0.279 e. The number of halogens is 2. The van der Waals surface area contributed by atoms with E-state index in [9.17, 15) is 9.59 Å². The Labute approximate surface area is 210 Å². The number of quaternary nitrogens is 1. The van der Waals surface area contributed by atoms with Gasteiger partial charge in [0.2, 0.25) is 0 Å². The Morgan fingerprint density at radius 1 is 0.909 bits per heavy atom. The lowest BCUT2D eigenvalue weighted by atomic mass is 10.1. The van der Waals surface area contributed by atoms with Crippen LogP contribution < -0.4 is 17.7 Å². The van der Waals surface area contributed by atoms with Crippen LogP contribution in [0.3, 0.4) is 0 Å². The maximum absolute atomic E-state index is 12.5. The third-order valence-electron chi connectivity index (χ3n) is 5.44. The minimum absolute atomic E-state index is 0. The number of allylic oxidation sites excluding steroid dienone is 1. The number of hydrogen-bond acceptors (Lipinski definition) is 2. The van der Waals surface area contributed by atoms with Crippen molar-refractivity contribution in [3.63, 3.8) is 0 Å². The Kier molecular flexibility index (Phi) is 13.0. The van der Waals surface area contributed by atoms with Gasteiger partial charge in [-0.05, 0) is 60.9 Å². The van der Waals surface area contributed by atoms with Crippen molar-refractivity contribution in [3.8, 4) is 0 Å². The van der Waals surface area contributed by atoms with Crippen LogP contribution in [0.1, 0.15) is 61.4 Å². The predicted molar refractivity (Wildman–Crippen MR) is 135 cm³/mol. The summed E-state index contributed by atoms with van der Waals surface area (Å²) in [7, 11) is 4.20.